The van der Waals surface area contributed by atoms with Crippen LogP contribution in [0, 0.1) is 0 Å². The van der Waals surface area contributed by atoms with Gasteiger partial charge in [-0.25, -0.2) is 0 Å². The van der Waals surface area contributed by atoms with Gasteiger partial charge in [0.1, 0.15) is 0 Å². The van der Waals surface area contributed by atoms with Gasteiger partial charge in [-0.15, -0.1) is 0 Å². The van der Waals surface area contributed by atoms with E-state index in [2.05, 4.69) is 27.7 Å². The monoisotopic (exact) mass is 461 g/mol. The van der Waals surface area contributed by atoms with Crippen LogP contribution in [0.3, 0.4) is 0 Å². The minimum absolute atomic E-state index is 0. The third kappa shape index (κ3) is 567. The lowest BCUT2D eigenvalue weighted by Gasteiger charge is -1.86. The van der Waals surface area contributed by atoms with E-state index in [0.29, 0.717) is 0 Å². The summed E-state index contributed by atoms with van der Waals surface area (Å²) in [5.74, 6) is 0. The van der Waals surface area contributed by atoms with Gasteiger partial charge in [-0.2, -0.15) is 0 Å². The van der Waals surface area contributed by atoms with Gasteiger partial charge >= 0.3 is 0 Å². The third-order valence-electron chi connectivity index (χ3n) is 1.91. The van der Waals surface area contributed by atoms with Crippen molar-refractivity contribution in [3.05, 3.63) is 0 Å². The molecule has 0 N–H and O–H groups in total. The summed E-state index contributed by atoms with van der Waals surface area (Å²) in [6.07, 6.45) is 11.1. The summed E-state index contributed by atoms with van der Waals surface area (Å²) >= 11 is 0. The molecular weight excluding hydrogens is 360 g/mol. The van der Waals surface area contributed by atoms with Crippen LogP contribution in [0.1, 0.15) is 213 Å². The van der Waals surface area contributed by atoms with Crippen molar-refractivity contribution in [3.8, 4) is 0 Å². The Balaban J connectivity index is -0.00000000231. The Morgan fingerprint density at radius 1 is 0.200 bits per heavy atom. The van der Waals surface area contributed by atoms with Crippen LogP contribution in [0.2, 0.25) is 0 Å². The van der Waals surface area contributed by atoms with Crippen LogP contribution in [0.25, 0.3) is 0 Å². The van der Waals surface area contributed by atoms with Gasteiger partial charge in [0.25, 0.3) is 0 Å². The largest absolute Gasteiger partial charge is 0.0776 e. The molecule has 0 heteroatoms. The Morgan fingerprint density at radius 2 is 0.267 bits per heavy atom. The van der Waals surface area contributed by atoms with Crippen molar-refractivity contribution in [2.75, 3.05) is 0 Å². The summed E-state index contributed by atoms with van der Waals surface area (Å²) in [7, 11) is 0. The number of hydrogen-bond acceptors (Lipinski definition) is 0. The van der Waals surface area contributed by atoms with Gasteiger partial charge in [0, 0.05) is 0 Å². The van der Waals surface area contributed by atoms with Gasteiger partial charge in [0.05, 0.1) is 0 Å². The average Bonchev–Trinajstić information content (AvgIpc) is 2.12. The quantitative estimate of drug-likeness (QED) is 0.345. The van der Waals surface area contributed by atoms with E-state index in [1.807, 2.05) is 0 Å². The van der Waals surface area contributed by atoms with E-state index < -0.39 is 0 Å². The molecule has 0 saturated heterocycles. The van der Waals surface area contributed by atoms with Gasteiger partial charge in [-0.1, -0.05) is 213 Å². The SMILES string of the molecule is C.C.C.C.C.C.C.C.C.C.C.C.C.C.C.C.C.C.CCCCCC.CCCCCC. The Hall–Kier alpha value is 0. The van der Waals surface area contributed by atoms with E-state index in [1.54, 1.807) is 0 Å². The number of hydrogen-bond donors (Lipinski definition) is 0. The normalized spacial score (nSPS) is 3.60. The first-order valence-electron chi connectivity index (χ1n) is 5.83. The van der Waals surface area contributed by atoms with Gasteiger partial charge in [0.15, 0.2) is 0 Å². The lowest BCUT2D eigenvalue weighted by atomic mass is 10.2. The van der Waals surface area contributed by atoms with Crippen molar-refractivity contribution in [3.63, 3.8) is 0 Å². The molecule has 0 heterocycles. The molecule has 0 fully saturated rings. The van der Waals surface area contributed by atoms with Crippen molar-refractivity contribution in [1.82, 2.24) is 0 Å². The second kappa shape index (κ2) is 355. The van der Waals surface area contributed by atoms with Crippen LogP contribution in [0.15, 0.2) is 0 Å². The smallest absolute Gasteiger partial charge is 0.0536 e. The van der Waals surface area contributed by atoms with Gasteiger partial charge in [-0.3, -0.25) is 0 Å². The van der Waals surface area contributed by atoms with Crippen LogP contribution in [-0.2, 0) is 0 Å². The van der Waals surface area contributed by atoms with E-state index in [-0.39, 0.29) is 134 Å². The first-order valence-corrected chi connectivity index (χ1v) is 5.83. The predicted octanol–water partition coefficient (Wildman–Crippen LogP) is 16.6. The fourth-order valence-corrected chi connectivity index (χ4v) is 1.000. The molecule has 0 aliphatic heterocycles. The van der Waals surface area contributed by atoms with Crippen LogP contribution >= 0.6 is 0 Å². The molecule has 30 heavy (non-hydrogen) atoms. The fraction of sp³-hybridized carbons (Fsp3) is 1.00. The zero-order chi connectivity index (χ0) is 9.66. The second-order valence-electron chi connectivity index (χ2n) is 3.41. The molecule has 0 spiro atoms. The highest BCUT2D eigenvalue weighted by atomic mass is 13.8. The number of rotatable bonds is 6. The molecule has 0 aromatic rings. The standard InChI is InChI=1S/2C6H14.18CH4/c2*1-3-5-6-4-2;;;;;;;;;;;;;;;;;;/h2*3-6H2,1-2H3;18*1H4. The summed E-state index contributed by atoms with van der Waals surface area (Å²) in [5, 5.41) is 0. The molecule has 220 valence electrons. The van der Waals surface area contributed by atoms with Crippen LogP contribution < -0.4 is 0 Å². The van der Waals surface area contributed by atoms with E-state index in [0.717, 1.165) is 0 Å². The molecule has 0 saturated carbocycles. The Morgan fingerprint density at radius 3 is 0.300 bits per heavy atom. The number of unbranched alkanes of at least 4 members (excludes halogenated alkanes) is 6. The van der Waals surface area contributed by atoms with Crippen molar-refractivity contribution < 1.29 is 0 Å². The molecule has 0 amide bonds. The summed E-state index contributed by atoms with van der Waals surface area (Å²) < 4.78 is 0. The van der Waals surface area contributed by atoms with E-state index in [9.17, 15) is 0 Å². The molecule has 0 bridgehead atoms. The van der Waals surface area contributed by atoms with Crippen LogP contribution in [0.5, 0.6) is 0 Å². The van der Waals surface area contributed by atoms with Crippen LogP contribution in [-0.4, -0.2) is 0 Å². The fourth-order valence-electron chi connectivity index (χ4n) is 1.000. The minimum atomic E-state index is 0. The first kappa shape index (κ1) is 252. The van der Waals surface area contributed by atoms with Crippen LogP contribution in [0.4, 0.5) is 0 Å². The summed E-state index contributed by atoms with van der Waals surface area (Å²) in [5.41, 5.74) is 0. The first-order chi connectivity index (χ1) is 5.83. The summed E-state index contributed by atoms with van der Waals surface area (Å²) in [6, 6.07) is 0. The van der Waals surface area contributed by atoms with Crippen molar-refractivity contribution in [2.45, 2.75) is 213 Å². The highest BCUT2D eigenvalue weighted by Crippen LogP contribution is 1.95. The molecule has 0 rings (SSSR count). The lowest BCUT2D eigenvalue weighted by molar-refractivity contribution is 0.702. The molecule has 0 aromatic heterocycles. The average molecular weight is 461 g/mol. The maximum absolute atomic E-state index is 2.23. The summed E-state index contributed by atoms with van der Waals surface area (Å²) in [4.78, 5) is 0. The molecule has 0 aliphatic rings. The van der Waals surface area contributed by atoms with E-state index in [1.165, 1.54) is 51.4 Å². The van der Waals surface area contributed by atoms with Gasteiger partial charge < -0.3 is 0 Å². The molecule has 0 atom stereocenters. The molecular formula is C30H100. The molecule has 0 aromatic carbocycles. The second-order valence-corrected chi connectivity index (χ2v) is 3.41. The minimum Gasteiger partial charge on any atom is -0.0776 e. The molecule has 0 unspecified atom stereocenters. The topological polar surface area (TPSA) is 0 Å². The van der Waals surface area contributed by atoms with E-state index >= 15 is 0 Å². The maximum Gasteiger partial charge on any atom is -0.0536 e. The van der Waals surface area contributed by atoms with Crippen molar-refractivity contribution >= 4 is 0 Å². The Labute approximate surface area is 212 Å². The lowest BCUT2D eigenvalue weighted by Crippen LogP contribution is -1.66. The molecule has 0 aliphatic carbocycles. The summed E-state index contributed by atoms with van der Waals surface area (Å²) in [6.45, 7) is 8.93. The van der Waals surface area contributed by atoms with E-state index in [4.69, 9.17) is 0 Å². The highest BCUT2D eigenvalue weighted by Gasteiger charge is 1.75. The Kier molecular flexibility index (Phi) is 2990. The van der Waals surface area contributed by atoms with Crippen molar-refractivity contribution in [2.24, 2.45) is 0 Å². The molecule has 0 radical (unpaired) electrons. The third-order valence-corrected chi connectivity index (χ3v) is 1.91. The Bertz CT molecular complexity index is 32.0. The van der Waals surface area contributed by atoms with Gasteiger partial charge in [-0.05, 0) is 0 Å². The molecule has 0 nitrogen and oxygen atoms in total. The maximum atomic E-state index is 2.23. The van der Waals surface area contributed by atoms with Crippen molar-refractivity contribution in [1.29, 1.82) is 0 Å². The highest BCUT2D eigenvalue weighted by molar-refractivity contribution is 4.31. The predicted molar refractivity (Wildman–Crippen MR) is 181 cm³/mol. The zero-order valence-corrected chi connectivity index (χ0v) is 9.66. The zero-order valence-electron chi connectivity index (χ0n) is 9.66. The van der Waals surface area contributed by atoms with Gasteiger partial charge in [0.2, 0.25) is 0 Å².